The Kier molecular flexibility index (Phi) is 3.45. The first-order valence-corrected chi connectivity index (χ1v) is 4.47. The molecule has 0 saturated carbocycles. The van der Waals surface area contributed by atoms with Gasteiger partial charge in [0.2, 0.25) is 0 Å². The molecule has 0 spiro atoms. The van der Waals surface area contributed by atoms with Crippen LogP contribution in [0.3, 0.4) is 0 Å². The van der Waals surface area contributed by atoms with E-state index in [2.05, 4.69) is 12.0 Å². The van der Waals surface area contributed by atoms with E-state index in [0.717, 1.165) is 12.1 Å². The molecule has 74 valence electrons. The smallest absolute Gasteiger partial charge is 0.0776 e. The molecule has 1 aromatic rings. The SMILES string of the molecule is CCC(OC)C(N)c1ccnn1C. The molecule has 1 aromatic heterocycles. The quantitative estimate of drug-likeness (QED) is 0.752. The number of hydrogen-bond donors (Lipinski definition) is 1. The number of ether oxygens (including phenoxy) is 1. The van der Waals surface area contributed by atoms with Crippen molar-refractivity contribution in [2.45, 2.75) is 25.5 Å². The fourth-order valence-electron chi connectivity index (χ4n) is 1.47. The van der Waals surface area contributed by atoms with Gasteiger partial charge in [0, 0.05) is 20.4 Å². The van der Waals surface area contributed by atoms with E-state index >= 15 is 0 Å². The summed E-state index contributed by atoms with van der Waals surface area (Å²) >= 11 is 0. The Morgan fingerprint density at radius 2 is 2.38 bits per heavy atom. The van der Waals surface area contributed by atoms with Crippen LogP contribution >= 0.6 is 0 Å². The highest BCUT2D eigenvalue weighted by Gasteiger charge is 2.19. The summed E-state index contributed by atoms with van der Waals surface area (Å²) in [7, 11) is 3.57. The third-order valence-electron chi connectivity index (χ3n) is 2.31. The third kappa shape index (κ3) is 2.08. The van der Waals surface area contributed by atoms with Crippen molar-refractivity contribution >= 4 is 0 Å². The summed E-state index contributed by atoms with van der Waals surface area (Å²) in [5.41, 5.74) is 7.03. The summed E-state index contributed by atoms with van der Waals surface area (Å²) in [5, 5.41) is 4.07. The molecule has 2 unspecified atom stereocenters. The zero-order valence-corrected chi connectivity index (χ0v) is 8.40. The lowest BCUT2D eigenvalue weighted by Gasteiger charge is -2.21. The fourth-order valence-corrected chi connectivity index (χ4v) is 1.47. The molecule has 0 aromatic carbocycles. The third-order valence-corrected chi connectivity index (χ3v) is 2.31. The van der Waals surface area contributed by atoms with Crippen LogP contribution in [0.1, 0.15) is 25.1 Å². The number of hydrogen-bond acceptors (Lipinski definition) is 3. The molecule has 4 heteroatoms. The van der Waals surface area contributed by atoms with Crippen molar-refractivity contribution < 1.29 is 4.74 Å². The van der Waals surface area contributed by atoms with E-state index in [4.69, 9.17) is 10.5 Å². The largest absolute Gasteiger partial charge is 0.379 e. The number of methoxy groups -OCH3 is 1. The average molecular weight is 183 g/mol. The van der Waals surface area contributed by atoms with Gasteiger partial charge in [0.1, 0.15) is 0 Å². The van der Waals surface area contributed by atoms with Crippen molar-refractivity contribution in [2.24, 2.45) is 12.8 Å². The van der Waals surface area contributed by atoms with Gasteiger partial charge in [0.05, 0.1) is 17.8 Å². The molecule has 13 heavy (non-hydrogen) atoms. The van der Waals surface area contributed by atoms with Crippen LogP contribution in [0.5, 0.6) is 0 Å². The van der Waals surface area contributed by atoms with E-state index in [1.807, 2.05) is 13.1 Å². The molecule has 2 N–H and O–H groups in total. The molecule has 0 amide bonds. The van der Waals surface area contributed by atoms with Crippen molar-refractivity contribution in [2.75, 3.05) is 7.11 Å². The molecule has 0 aliphatic rings. The molecule has 2 atom stereocenters. The highest BCUT2D eigenvalue weighted by atomic mass is 16.5. The van der Waals surface area contributed by atoms with Crippen LogP contribution in [0.4, 0.5) is 0 Å². The van der Waals surface area contributed by atoms with Gasteiger partial charge < -0.3 is 10.5 Å². The molecule has 0 saturated heterocycles. The average Bonchev–Trinajstić information content (AvgIpc) is 2.53. The van der Waals surface area contributed by atoms with Gasteiger partial charge in [-0.05, 0) is 12.5 Å². The molecule has 0 bridgehead atoms. The van der Waals surface area contributed by atoms with E-state index in [1.165, 1.54) is 0 Å². The standard InChI is InChI=1S/C9H17N3O/c1-4-8(13-3)9(10)7-5-6-11-12(7)2/h5-6,8-9H,4,10H2,1-3H3. The van der Waals surface area contributed by atoms with Gasteiger partial charge in [-0.1, -0.05) is 6.92 Å². The normalized spacial score (nSPS) is 15.7. The van der Waals surface area contributed by atoms with E-state index in [9.17, 15) is 0 Å². The topological polar surface area (TPSA) is 53.1 Å². The van der Waals surface area contributed by atoms with Gasteiger partial charge in [-0.3, -0.25) is 4.68 Å². The van der Waals surface area contributed by atoms with Crippen LogP contribution in [0.15, 0.2) is 12.3 Å². The molecule has 1 heterocycles. The Morgan fingerprint density at radius 3 is 2.77 bits per heavy atom. The van der Waals surface area contributed by atoms with Crippen LogP contribution < -0.4 is 5.73 Å². The molecule has 0 radical (unpaired) electrons. The van der Waals surface area contributed by atoms with E-state index in [0.29, 0.717) is 0 Å². The van der Waals surface area contributed by atoms with Crippen molar-refractivity contribution in [3.8, 4) is 0 Å². The molecular formula is C9H17N3O. The Balaban J connectivity index is 2.77. The second kappa shape index (κ2) is 4.39. The second-order valence-electron chi connectivity index (χ2n) is 3.09. The number of aryl methyl sites for hydroxylation is 1. The molecule has 1 rings (SSSR count). The number of nitrogens with two attached hydrogens (primary N) is 1. The lowest BCUT2D eigenvalue weighted by atomic mass is 10.1. The second-order valence-corrected chi connectivity index (χ2v) is 3.09. The molecule has 4 nitrogen and oxygen atoms in total. The number of aromatic nitrogens is 2. The summed E-state index contributed by atoms with van der Waals surface area (Å²) in [5.74, 6) is 0. The minimum absolute atomic E-state index is 0.0652. The van der Waals surface area contributed by atoms with Crippen LogP contribution in [0.25, 0.3) is 0 Å². The zero-order chi connectivity index (χ0) is 9.84. The number of rotatable bonds is 4. The van der Waals surface area contributed by atoms with Crippen molar-refractivity contribution in [3.05, 3.63) is 18.0 Å². The first-order valence-electron chi connectivity index (χ1n) is 4.47. The van der Waals surface area contributed by atoms with Gasteiger partial charge >= 0.3 is 0 Å². The van der Waals surface area contributed by atoms with Crippen molar-refractivity contribution in [1.82, 2.24) is 9.78 Å². The van der Waals surface area contributed by atoms with E-state index in [-0.39, 0.29) is 12.1 Å². The van der Waals surface area contributed by atoms with Crippen LogP contribution in [-0.4, -0.2) is 23.0 Å². The Labute approximate surface area is 78.7 Å². The van der Waals surface area contributed by atoms with Crippen molar-refractivity contribution in [1.29, 1.82) is 0 Å². The predicted octanol–water partition coefficient (Wildman–Crippen LogP) is 0.845. The lowest BCUT2D eigenvalue weighted by molar-refractivity contribution is 0.0749. The molecule has 0 aliphatic carbocycles. The maximum absolute atomic E-state index is 6.02. The van der Waals surface area contributed by atoms with Crippen LogP contribution in [-0.2, 0) is 11.8 Å². The lowest BCUT2D eigenvalue weighted by Crippen LogP contribution is -2.29. The Hall–Kier alpha value is -0.870. The molecule has 0 aliphatic heterocycles. The Morgan fingerprint density at radius 1 is 1.69 bits per heavy atom. The van der Waals surface area contributed by atoms with Crippen LogP contribution in [0.2, 0.25) is 0 Å². The van der Waals surface area contributed by atoms with Gasteiger partial charge in [-0.25, -0.2) is 0 Å². The van der Waals surface area contributed by atoms with Crippen LogP contribution in [0, 0.1) is 0 Å². The summed E-state index contributed by atoms with van der Waals surface area (Å²) in [4.78, 5) is 0. The minimum Gasteiger partial charge on any atom is -0.379 e. The van der Waals surface area contributed by atoms with Gasteiger partial charge in [0.15, 0.2) is 0 Å². The first-order chi connectivity index (χ1) is 6.20. The van der Waals surface area contributed by atoms with Gasteiger partial charge in [-0.2, -0.15) is 5.10 Å². The maximum Gasteiger partial charge on any atom is 0.0776 e. The minimum atomic E-state index is -0.0949. The highest BCUT2D eigenvalue weighted by molar-refractivity contribution is 5.07. The monoisotopic (exact) mass is 183 g/mol. The molecule has 0 fully saturated rings. The van der Waals surface area contributed by atoms with Gasteiger partial charge in [0.25, 0.3) is 0 Å². The van der Waals surface area contributed by atoms with E-state index in [1.54, 1.807) is 18.0 Å². The predicted molar refractivity (Wildman–Crippen MR) is 51.2 cm³/mol. The summed E-state index contributed by atoms with van der Waals surface area (Å²) < 4.78 is 7.06. The zero-order valence-electron chi connectivity index (χ0n) is 8.40. The molecular weight excluding hydrogens is 166 g/mol. The summed E-state index contributed by atoms with van der Waals surface area (Å²) in [6.07, 6.45) is 2.72. The maximum atomic E-state index is 6.02. The first kappa shape index (κ1) is 10.2. The number of nitrogens with zero attached hydrogens (tertiary/aromatic N) is 2. The fraction of sp³-hybridized carbons (Fsp3) is 0.667. The van der Waals surface area contributed by atoms with E-state index < -0.39 is 0 Å². The van der Waals surface area contributed by atoms with Gasteiger partial charge in [-0.15, -0.1) is 0 Å². The summed E-state index contributed by atoms with van der Waals surface area (Å²) in [6.45, 7) is 2.06. The van der Waals surface area contributed by atoms with Crippen molar-refractivity contribution in [3.63, 3.8) is 0 Å². The summed E-state index contributed by atoms with van der Waals surface area (Å²) in [6, 6.07) is 1.83. The Bertz CT molecular complexity index is 255. The highest BCUT2D eigenvalue weighted by Crippen LogP contribution is 2.17.